The number of piperidine rings is 1. The number of carbonyl (C=O) groups is 1. The Bertz CT molecular complexity index is 1400. The van der Waals surface area contributed by atoms with Crippen LogP contribution in [-0.4, -0.2) is 58.4 Å². The number of nitrogens with zero attached hydrogens (tertiary/aromatic N) is 2. The summed E-state index contributed by atoms with van der Waals surface area (Å²) in [5, 5.41) is 20.7. The first-order valence-electron chi connectivity index (χ1n) is 16.0. The molecule has 2 N–H and O–H groups in total. The molecule has 4 aliphatic rings. The number of rotatable bonds is 8. The third-order valence-electron chi connectivity index (χ3n) is 9.91. The SMILES string of the molecule is O=C(O)C[C@H]1CC[C@H](C2C=CC(OCC(O)CN3CCC(=C4c5ccc(Cl)cc5CCc5cccnc54)CC3)=CC2)CC1. The maximum absolute atomic E-state index is 11.0. The Morgan fingerprint density at radius 2 is 1.86 bits per heavy atom. The minimum Gasteiger partial charge on any atom is -0.491 e. The van der Waals surface area contributed by atoms with Gasteiger partial charge in [-0.25, -0.2) is 0 Å². The summed E-state index contributed by atoms with van der Waals surface area (Å²) in [4.78, 5) is 18.2. The summed E-state index contributed by atoms with van der Waals surface area (Å²) in [5.74, 6) is 1.63. The van der Waals surface area contributed by atoms with E-state index >= 15 is 0 Å². The number of fused-ring (bicyclic) bond motifs is 2. The fraction of sp³-hybridized carbons (Fsp3) is 0.500. The van der Waals surface area contributed by atoms with E-state index in [2.05, 4.69) is 41.3 Å². The lowest BCUT2D eigenvalue weighted by molar-refractivity contribution is -0.138. The van der Waals surface area contributed by atoms with Crippen LogP contribution >= 0.6 is 11.6 Å². The Morgan fingerprint density at radius 1 is 1.07 bits per heavy atom. The van der Waals surface area contributed by atoms with Crippen LogP contribution in [0.3, 0.4) is 0 Å². The van der Waals surface area contributed by atoms with Gasteiger partial charge in [-0.3, -0.25) is 14.7 Å². The fourth-order valence-electron chi connectivity index (χ4n) is 7.57. The van der Waals surface area contributed by atoms with Crippen molar-refractivity contribution in [1.82, 2.24) is 9.88 Å². The number of aliphatic hydroxyl groups is 1. The molecule has 2 aromatic rings. The van der Waals surface area contributed by atoms with Gasteiger partial charge in [0.15, 0.2) is 0 Å². The van der Waals surface area contributed by atoms with E-state index in [0.29, 0.717) is 30.7 Å². The fourth-order valence-corrected chi connectivity index (χ4v) is 7.77. The molecule has 2 heterocycles. The number of hydrogen-bond donors (Lipinski definition) is 2. The average Bonchev–Trinajstić information content (AvgIpc) is 3.17. The number of ether oxygens (including phenoxy) is 1. The number of allylic oxidation sites excluding steroid dienone is 3. The van der Waals surface area contributed by atoms with E-state index < -0.39 is 12.1 Å². The first-order valence-corrected chi connectivity index (χ1v) is 16.4. The van der Waals surface area contributed by atoms with E-state index in [9.17, 15) is 9.90 Å². The van der Waals surface area contributed by atoms with Crippen molar-refractivity contribution >= 4 is 23.1 Å². The van der Waals surface area contributed by atoms with Crippen molar-refractivity contribution in [3.05, 3.63) is 93.5 Å². The zero-order valence-corrected chi connectivity index (χ0v) is 25.6. The Kier molecular flexibility index (Phi) is 9.66. The molecule has 6 nitrogen and oxygen atoms in total. The van der Waals surface area contributed by atoms with Crippen molar-refractivity contribution in [2.75, 3.05) is 26.2 Å². The molecule has 2 atom stereocenters. The molecule has 0 radical (unpaired) electrons. The highest BCUT2D eigenvalue weighted by Crippen LogP contribution is 2.40. The van der Waals surface area contributed by atoms with Gasteiger partial charge in [0.05, 0.1) is 5.69 Å². The van der Waals surface area contributed by atoms with Crippen LogP contribution in [0.2, 0.25) is 5.02 Å². The monoisotopic (exact) mass is 602 g/mol. The van der Waals surface area contributed by atoms with E-state index in [0.717, 1.165) is 87.4 Å². The number of aryl methyl sites for hydroxylation is 2. The molecule has 1 aromatic carbocycles. The number of halogens is 1. The summed E-state index contributed by atoms with van der Waals surface area (Å²) in [6, 6.07) is 10.5. The van der Waals surface area contributed by atoms with Crippen LogP contribution in [0.15, 0.2) is 66.1 Å². The highest BCUT2D eigenvalue weighted by molar-refractivity contribution is 6.30. The molecule has 228 valence electrons. The van der Waals surface area contributed by atoms with E-state index in [-0.39, 0.29) is 6.61 Å². The van der Waals surface area contributed by atoms with E-state index in [1.54, 1.807) is 0 Å². The van der Waals surface area contributed by atoms with Crippen LogP contribution < -0.4 is 0 Å². The predicted octanol–water partition coefficient (Wildman–Crippen LogP) is 6.85. The number of β-amino-alcohol motifs (C(OH)–C–C–N with tert-alkyl or cyclic N) is 1. The Hall–Kier alpha value is -2.93. The van der Waals surface area contributed by atoms with Gasteiger partial charge in [-0.2, -0.15) is 0 Å². The highest BCUT2D eigenvalue weighted by atomic mass is 35.5. The van der Waals surface area contributed by atoms with Gasteiger partial charge in [-0.05, 0) is 123 Å². The van der Waals surface area contributed by atoms with Crippen molar-refractivity contribution in [2.45, 2.75) is 70.3 Å². The van der Waals surface area contributed by atoms with Gasteiger partial charge in [0.2, 0.25) is 0 Å². The van der Waals surface area contributed by atoms with E-state index in [1.807, 2.05) is 18.3 Å². The summed E-state index contributed by atoms with van der Waals surface area (Å²) < 4.78 is 6.00. The zero-order chi connectivity index (χ0) is 29.8. The van der Waals surface area contributed by atoms with Crippen molar-refractivity contribution in [3.63, 3.8) is 0 Å². The van der Waals surface area contributed by atoms with Crippen LogP contribution in [0.25, 0.3) is 5.57 Å². The van der Waals surface area contributed by atoms with Crippen molar-refractivity contribution in [1.29, 1.82) is 0 Å². The second kappa shape index (κ2) is 13.8. The van der Waals surface area contributed by atoms with Crippen LogP contribution in [0.5, 0.6) is 0 Å². The summed E-state index contributed by atoms with van der Waals surface area (Å²) >= 11 is 6.38. The van der Waals surface area contributed by atoms with Crippen LogP contribution in [-0.2, 0) is 22.4 Å². The van der Waals surface area contributed by atoms with Crippen molar-refractivity contribution < 1.29 is 19.7 Å². The quantitative estimate of drug-likeness (QED) is 0.344. The molecule has 0 amide bonds. The largest absolute Gasteiger partial charge is 0.491 e. The smallest absolute Gasteiger partial charge is 0.303 e. The first-order chi connectivity index (χ1) is 20.9. The Balaban J connectivity index is 0.996. The molecule has 6 rings (SSSR count). The molecule has 7 heteroatoms. The van der Waals surface area contributed by atoms with E-state index in [1.165, 1.54) is 27.8 Å². The lowest BCUT2D eigenvalue weighted by Gasteiger charge is -2.33. The molecular formula is C36H43ClN2O4. The average molecular weight is 603 g/mol. The summed E-state index contributed by atoms with van der Waals surface area (Å²) in [5.41, 5.74) is 7.69. The number of benzene rings is 1. The van der Waals surface area contributed by atoms with Crippen LogP contribution in [0.4, 0.5) is 0 Å². The number of aliphatic carboxylic acids is 1. The lowest BCUT2D eigenvalue weighted by atomic mass is 9.73. The number of carboxylic acids is 1. The molecule has 1 saturated carbocycles. The van der Waals surface area contributed by atoms with Crippen LogP contribution in [0, 0.1) is 17.8 Å². The molecule has 43 heavy (non-hydrogen) atoms. The number of aliphatic hydroxyl groups excluding tert-OH is 1. The number of likely N-dealkylation sites (tertiary alicyclic amines) is 1. The lowest BCUT2D eigenvalue weighted by Crippen LogP contribution is -2.39. The van der Waals surface area contributed by atoms with Gasteiger partial charge in [0, 0.05) is 42.8 Å². The molecule has 2 fully saturated rings. The van der Waals surface area contributed by atoms with Gasteiger partial charge in [-0.1, -0.05) is 35.4 Å². The number of aromatic nitrogens is 1. The van der Waals surface area contributed by atoms with Gasteiger partial charge < -0.3 is 14.9 Å². The number of pyridine rings is 1. The molecular weight excluding hydrogens is 560 g/mol. The third kappa shape index (κ3) is 7.42. The zero-order valence-electron chi connectivity index (χ0n) is 24.9. The van der Waals surface area contributed by atoms with Gasteiger partial charge in [0.1, 0.15) is 18.5 Å². The minimum atomic E-state index is -0.675. The summed E-state index contributed by atoms with van der Waals surface area (Å²) in [6.45, 7) is 2.69. The molecule has 3 aliphatic carbocycles. The molecule has 1 aromatic heterocycles. The van der Waals surface area contributed by atoms with Gasteiger partial charge in [-0.15, -0.1) is 0 Å². The Labute approximate surface area is 260 Å². The van der Waals surface area contributed by atoms with Gasteiger partial charge in [0.25, 0.3) is 0 Å². The summed E-state index contributed by atoms with van der Waals surface area (Å²) in [6.07, 6.45) is 17.2. The highest BCUT2D eigenvalue weighted by Gasteiger charge is 2.29. The Morgan fingerprint density at radius 3 is 2.60 bits per heavy atom. The number of carboxylic acid groups (broad SMARTS) is 1. The van der Waals surface area contributed by atoms with Gasteiger partial charge >= 0.3 is 5.97 Å². The maximum atomic E-state index is 11.0. The van der Waals surface area contributed by atoms with Crippen molar-refractivity contribution in [3.8, 4) is 0 Å². The topological polar surface area (TPSA) is 82.9 Å². The van der Waals surface area contributed by atoms with Crippen molar-refractivity contribution in [2.24, 2.45) is 17.8 Å². The molecule has 0 bridgehead atoms. The molecule has 1 saturated heterocycles. The summed E-state index contributed by atoms with van der Waals surface area (Å²) in [7, 11) is 0. The first kappa shape index (κ1) is 30.1. The maximum Gasteiger partial charge on any atom is 0.303 e. The van der Waals surface area contributed by atoms with E-state index in [4.69, 9.17) is 26.4 Å². The molecule has 0 spiro atoms. The van der Waals surface area contributed by atoms with Crippen LogP contribution in [0.1, 0.15) is 73.8 Å². The second-order valence-corrected chi connectivity index (χ2v) is 13.2. The molecule has 1 aliphatic heterocycles. The predicted molar refractivity (Wildman–Crippen MR) is 170 cm³/mol. The standard InChI is InChI=1S/C36H43ClN2O4/c37-30-11-14-33-29(21-30)8-7-28-2-1-17-38-36(28)35(33)27-15-18-39(19-16-27)22-31(40)23-43-32-12-9-26(10-13-32)25-5-3-24(4-6-25)20-34(41)42/h1-2,9,11-14,17,21,24-26,31,40H,3-8,10,15-16,18-20,22-23H2,(H,41,42)/t24-,25-,26?,31?. The third-order valence-corrected chi connectivity index (χ3v) is 10.1. The number of hydrogen-bond acceptors (Lipinski definition) is 5. The second-order valence-electron chi connectivity index (χ2n) is 12.8. The normalized spacial score (nSPS) is 24.9. The minimum absolute atomic E-state index is 0.289. The molecule has 2 unspecified atom stereocenters.